The van der Waals surface area contributed by atoms with Gasteiger partial charge in [-0.15, -0.1) is 0 Å². The van der Waals surface area contributed by atoms with Crippen LogP contribution in [0.4, 0.5) is 22.0 Å². The number of carboxylic acid groups (broad SMARTS) is 1. The minimum absolute atomic E-state index is 0.104. The second-order valence-corrected chi connectivity index (χ2v) is 4.42. The van der Waals surface area contributed by atoms with Crippen molar-refractivity contribution in [3.8, 4) is 0 Å². The summed E-state index contributed by atoms with van der Waals surface area (Å²) in [4.78, 5) is 10.8. The summed E-state index contributed by atoms with van der Waals surface area (Å²) in [5.74, 6) is -1.46. The Morgan fingerprint density at radius 2 is 1.82 bits per heavy atom. The zero-order valence-electron chi connectivity index (χ0n) is 10.8. The Kier molecular flexibility index (Phi) is 4.16. The third kappa shape index (κ3) is 3.41. The largest absolute Gasteiger partial charge is 0.476 e. The van der Waals surface area contributed by atoms with E-state index in [9.17, 15) is 26.7 Å². The van der Waals surface area contributed by atoms with E-state index in [-0.39, 0.29) is 16.8 Å². The van der Waals surface area contributed by atoms with Crippen LogP contribution in [-0.4, -0.2) is 20.9 Å². The SMILES string of the molecule is O=C(O)c1cc(Cc2ccc(C(F)(F)F)cc2)n(C(F)F)n1. The third-order valence-corrected chi connectivity index (χ3v) is 2.88. The summed E-state index contributed by atoms with van der Waals surface area (Å²) in [6, 6.07) is 4.91. The molecule has 1 aromatic carbocycles. The fourth-order valence-corrected chi connectivity index (χ4v) is 1.86. The predicted octanol–water partition coefficient (Wildman–Crippen LogP) is 3.59. The number of carboxylic acids is 1. The molecule has 118 valence electrons. The maximum Gasteiger partial charge on any atom is 0.416 e. The molecule has 0 radical (unpaired) electrons. The van der Waals surface area contributed by atoms with E-state index >= 15 is 0 Å². The van der Waals surface area contributed by atoms with Gasteiger partial charge in [0.05, 0.1) is 5.56 Å². The average Bonchev–Trinajstić information content (AvgIpc) is 2.82. The summed E-state index contributed by atoms with van der Waals surface area (Å²) in [5.41, 5.74) is -1.19. The number of carbonyl (C=O) groups is 1. The fraction of sp³-hybridized carbons (Fsp3) is 0.231. The number of aromatic nitrogens is 2. The van der Waals surface area contributed by atoms with Gasteiger partial charge in [0.2, 0.25) is 0 Å². The van der Waals surface area contributed by atoms with Crippen molar-refractivity contribution in [3.63, 3.8) is 0 Å². The Hall–Kier alpha value is -2.45. The van der Waals surface area contributed by atoms with Gasteiger partial charge in [-0.25, -0.2) is 9.48 Å². The lowest BCUT2D eigenvalue weighted by Crippen LogP contribution is -2.08. The highest BCUT2D eigenvalue weighted by Crippen LogP contribution is 2.29. The Balaban J connectivity index is 2.28. The average molecular weight is 320 g/mol. The molecular formula is C13H9F5N2O2. The minimum atomic E-state index is -4.49. The lowest BCUT2D eigenvalue weighted by atomic mass is 10.1. The standard InChI is InChI=1S/C13H9F5N2O2/c14-12(15)20-9(6-10(19-20)11(21)22)5-7-1-3-8(4-2-7)13(16,17)18/h1-4,6,12H,5H2,(H,21,22). The molecule has 0 spiro atoms. The molecule has 0 fully saturated rings. The molecule has 0 amide bonds. The molecule has 0 aliphatic carbocycles. The van der Waals surface area contributed by atoms with Crippen molar-refractivity contribution in [3.05, 3.63) is 52.8 Å². The number of hydrogen-bond acceptors (Lipinski definition) is 2. The maximum atomic E-state index is 12.8. The molecule has 22 heavy (non-hydrogen) atoms. The van der Waals surface area contributed by atoms with E-state index in [0.717, 1.165) is 30.3 Å². The zero-order valence-corrected chi connectivity index (χ0v) is 10.8. The van der Waals surface area contributed by atoms with E-state index < -0.39 is 30.0 Å². The smallest absolute Gasteiger partial charge is 0.416 e. The van der Waals surface area contributed by atoms with E-state index in [1.54, 1.807) is 0 Å². The maximum absolute atomic E-state index is 12.8. The van der Waals surface area contributed by atoms with Gasteiger partial charge in [0, 0.05) is 12.1 Å². The van der Waals surface area contributed by atoms with E-state index in [1.807, 2.05) is 0 Å². The van der Waals surface area contributed by atoms with Crippen molar-refractivity contribution in [2.75, 3.05) is 0 Å². The van der Waals surface area contributed by atoms with Gasteiger partial charge in [-0.2, -0.15) is 27.1 Å². The molecule has 1 N–H and O–H groups in total. The highest BCUT2D eigenvalue weighted by atomic mass is 19.4. The monoisotopic (exact) mass is 320 g/mol. The Labute approximate surface area is 120 Å². The van der Waals surface area contributed by atoms with Crippen LogP contribution in [0.5, 0.6) is 0 Å². The quantitative estimate of drug-likeness (QED) is 0.876. The first kappa shape index (κ1) is 15.9. The first-order valence-electron chi connectivity index (χ1n) is 5.94. The lowest BCUT2D eigenvalue weighted by Gasteiger charge is -2.08. The lowest BCUT2D eigenvalue weighted by molar-refractivity contribution is -0.137. The van der Waals surface area contributed by atoms with E-state index in [2.05, 4.69) is 5.10 Å². The van der Waals surface area contributed by atoms with Gasteiger partial charge >= 0.3 is 18.7 Å². The van der Waals surface area contributed by atoms with Crippen LogP contribution < -0.4 is 0 Å². The first-order chi connectivity index (χ1) is 10.2. The molecule has 2 aromatic rings. The van der Waals surface area contributed by atoms with Gasteiger partial charge in [-0.1, -0.05) is 12.1 Å². The number of nitrogens with zero attached hydrogens (tertiary/aromatic N) is 2. The van der Waals surface area contributed by atoms with Crippen molar-refractivity contribution in [2.45, 2.75) is 19.1 Å². The highest BCUT2D eigenvalue weighted by Gasteiger charge is 2.30. The third-order valence-electron chi connectivity index (χ3n) is 2.88. The molecular weight excluding hydrogens is 311 g/mol. The van der Waals surface area contributed by atoms with Gasteiger partial charge in [0.25, 0.3) is 0 Å². The van der Waals surface area contributed by atoms with Crippen molar-refractivity contribution in [2.24, 2.45) is 0 Å². The van der Waals surface area contributed by atoms with Crippen LogP contribution in [0, 0.1) is 0 Å². The van der Waals surface area contributed by atoms with Gasteiger partial charge < -0.3 is 5.11 Å². The molecule has 0 unspecified atom stereocenters. The molecule has 0 atom stereocenters. The summed E-state index contributed by atoms with van der Waals surface area (Å²) < 4.78 is 63.1. The van der Waals surface area contributed by atoms with Crippen LogP contribution in [0.1, 0.15) is 33.9 Å². The van der Waals surface area contributed by atoms with Crippen LogP contribution in [0.2, 0.25) is 0 Å². The second-order valence-electron chi connectivity index (χ2n) is 4.42. The zero-order chi connectivity index (χ0) is 16.5. The molecule has 1 heterocycles. The van der Waals surface area contributed by atoms with Crippen LogP contribution in [0.25, 0.3) is 0 Å². The summed E-state index contributed by atoms with van der Waals surface area (Å²) in [7, 11) is 0. The molecule has 0 bridgehead atoms. The van der Waals surface area contributed by atoms with Gasteiger partial charge in [-0.3, -0.25) is 0 Å². The van der Waals surface area contributed by atoms with Crippen molar-refractivity contribution < 1.29 is 31.9 Å². The fourth-order valence-electron chi connectivity index (χ4n) is 1.86. The molecule has 0 aliphatic rings. The van der Waals surface area contributed by atoms with Crippen LogP contribution in [0.3, 0.4) is 0 Å². The number of hydrogen-bond donors (Lipinski definition) is 1. The van der Waals surface area contributed by atoms with Crippen LogP contribution >= 0.6 is 0 Å². The van der Waals surface area contributed by atoms with E-state index in [0.29, 0.717) is 5.56 Å². The molecule has 9 heteroatoms. The van der Waals surface area contributed by atoms with E-state index in [1.165, 1.54) is 0 Å². The minimum Gasteiger partial charge on any atom is -0.476 e. The predicted molar refractivity (Wildman–Crippen MR) is 64.7 cm³/mol. The molecule has 0 saturated carbocycles. The summed E-state index contributed by atoms with van der Waals surface area (Å²) in [6.07, 6.45) is -4.65. The number of aromatic carboxylic acids is 1. The summed E-state index contributed by atoms with van der Waals surface area (Å²) in [6.45, 7) is -3.04. The number of alkyl halides is 5. The second kappa shape index (κ2) is 5.74. The van der Waals surface area contributed by atoms with Gasteiger partial charge in [0.1, 0.15) is 0 Å². The summed E-state index contributed by atoms with van der Waals surface area (Å²) >= 11 is 0. The molecule has 2 rings (SSSR count). The van der Waals surface area contributed by atoms with Crippen LogP contribution in [0.15, 0.2) is 30.3 Å². The Morgan fingerprint density at radius 1 is 1.23 bits per heavy atom. The van der Waals surface area contributed by atoms with E-state index in [4.69, 9.17) is 5.11 Å². The van der Waals surface area contributed by atoms with Crippen LogP contribution in [-0.2, 0) is 12.6 Å². The summed E-state index contributed by atoms with van der Waals surface area (Å²) in [5, 5.41) is 12.0. The highest BCUT2D eigenvalue weighted by molar-refractivity contribution is 5.85. The van der Waals surface area contributed by atoms with Gasteiger partial charge in [0.15, 0.2) is 5.69 Å². The van der Waals surface area contributed by atoms with Gasteiger partial charge in [-0.05, 0) is 23.8 Å². The van der Waals surface area contributed by atoms with Crippen molar-refractivity contribution in [1.29, 1.82) is 0 Å². The number of benzene rings is 1. The number of halogens is 5. The van der Waals surface area contributed by atoms with Crippen molar-refractivity contribution in [1.82, 2.24) is 9.78 Å². The number of rotatable bonds is 4. The van der Waals surface area contributed by atoms with Crippen molar-refractivity contribution >= 4 is 5.97 Å². The molecule has 0 saturated heterocycles. The normalized spacial score (nSPS) is 11.9. The molecule has 4 nitrogen and oxygen atoms in total. The molecule has 0 aliphatic heterocycles. The Morgan fingerprint density at radius 3 is 2.27 bits per heavy atom. The Bertz CT molecular complexity index is 677. The molecule has 1 aromatic heterocycles. The first-order valence-corrected chi connectivity index (χ1v) is 5.94. The topological polar surface area (TPSA) is 55.1 Å².